The van der Waals surface area contributed by atoms with E-state index >= 15 is 0 Å². The normalized spacial score (nSPS) is 22.5. The van der Waals surface area contributed by atoms with Gasteiger partial charge in [-0.25, -0.2) is 16.8 Å². The SMILES string of the molecule is CN(C)CCN(CC(=O)O)S(=O)(=O)C1CCS(=O)(=O)C1. The van der Waals surface area contributed by atoms with Gasteiger partial charge in [-0.3, -0.25) is 4.79 Å². The lowest BCUT2D eigenvalue weighted by atomic mass is 10.4. The van der Waals surface area contributed by atoms with Crippen molar-refractivity contribution in [2.75, 3.05) is 45.2 Å². The fraction of sp³-hybridized carbons (Fsp3) is 0.900. The lowest BCUT2D eigenvalue weighted by molar-refractivity contribution is -0.137. The number of rotatable bonds is 7. The van der Waals surface area contributed by atoms with Gasteiger partial charge >= 0.3 is 5.97 Å². The number of carboxylic acids is 1. The second-order valence-corrected chi connectivity index (χ2v) is 9.54. The van der Waals surface area contributed by atoms with Crippen LogP contribution in [-0.4, -0.2) is 87.6 Å². The van der Waals surface area contributed by atoms with Gasteiger partial charge in [0.2, 0.25) is 10.0 Å². The number of carbonyl (C=O) groups is 1. The molecule has 1 rings (SSSR count). The Hall–Kier alpha value is -0.710. The van der Waals surface area contributed by atoms with Gasteiger partial charge in [-0.05, 0) is 20.5 Å². The van der Waals surface area contributed by atoms with Crippen molar-refractivity contribution < 1.29 is 26.7 Å². The molecule has 1 atom stereocenters. The van der Waals surface area contributed by atoms with Gasteiger partial charge in [-0.2, -0.15) is 4.31 Å². The minimum Gasteiger partial charge on any atom is -0.480 e. The Morgan fingerprint density at radius 2 is 1.90 bits per heavy atom. The highest BCUT2D eigenvalue weighted by atomic mass is 32.2. The lowest BCUT2D eigenvalue weighted by Gasteiger charge is -2.24. The van der Waals surface area contributed by atoms with Gasteiger partial charge in [0.15, 0.2) is 9.84 Å². The molecule has 0 spiro atoms. The molecule has 118 valence electrons. The Morgan fingerprint density at radius 3 is 2.30 bits per heavy atom. The van der Waals surface area contributed by atoms with Crippen molar-refractivity contribution in [1.29, 1.82) is 0 Å². The third-order valence-corrected chi connectivity index (χ3v) is 7.34. The van der Waals surface area contributed by atoms with Crippen LogP contribution in [0.1, 0.15) is 6.42 Å². The van der Waals surface area contributed by atoms with Crippen molar-refractivity contribution >= 4 is 25.8 Å². The minimum absolute atomic E-state index is 0.0260. The molecule has 1 heterocycles. The zero-order chi connectivity index (χ0) is 15.6. The highest BCUT2D eigenvalue weighted by Crippen LogP contribution is 2.22. The van der Waals surface area contributed by atoms with E-state index in [1.54, 1.807) is 19.0 Å². The summed E-state index contributed by atoms with van der Waals surface area (Å²) in [6.07, 6.45) is 0.0305. The quantitative estimate of drug-likeness (QED) is 0.602. The van der Waals surface area contributed by atoms with E-state index in [2.05, 4.69) is 0 Å². The van der Waals surface area contributed by atoms with Crippen LogP contribution < -0.4 is 0 Å². The van der Waals surface area contributed by atoms with E-state index < -0.39 is 43.4 Å². The average Bonchev–Trinajstić information content (AvgIpc) is 2.64. The third-order valence-electron chi connectivity index (χ3n) is 3.08. The largest absolute Gasteiger partial charge is 0.480 e. The maximum atomic E-state index is 12.3. The van der Waals surface area contributed by atoms with E-state index in [9.17, 15) is 21.6 Å². The van der Waals surface area contributed by atoms with Gasteiger partial charge in [0.1, 0.15) is 6.54 Å². The maximum Gasteiger partial charge on any atom is 0.318 e. The third kappa shape index (κ3) is 4.69. The first-order valence-electron chi connectivity index (χ1n) is 6.10. The zero-order valence-corrected chi connectivity index (χ0v) is 13.2. The van der Waals surface area contributed by atoms with Gasteiger partial charge in [0.05, 0.1) is 16.8 Å². The minimum atomic E-state index is -3.92. The van der Waals surface area contributed by atoms with Gasteiger partial charge < -0.3 is 10.0 Å². The van der Waals surface area contributed by atoms with E-state index in [-0.39, 0.29) is 18.7 Å². The number of carboxylic acid groups (broad SMARTS) is 1. The van der Waals surface area contributed by atoms with Gasteiger partial charge in [-0.1, -0.05) is 0 Å². The van der Waals surface area contributed by atoms with Crippen LogP contribution in [0, 0.1) is 0 Å². The first-order chi connectivity index (χ1) is 9.04. The van der Waals surface area contributed by atoms with Gasteiger partial charge in [0, 0.05) is 13.1 Å². The molecule has 1 aliphatic rings. The molecule has 0 radical (unpaired) electrons. The predicted molar refractivity (Wildman–Crippen MR) is 73.7 cm³/mol. The molecule has 1 aliphatic heterocycles. The standard InChI is InChI=1S/C10H20N2O6S2/c1-11(2)4-5-12(7-10(13)14)20(17,18)9-3-6-19(15,16)8-9/h9H,3-8H2,1-2H3,(H,13,14). The molecular formula is C10H20N2O6S2. The second-order valence-electron chi connectivity index (χ2n) is 5.10. The first kappa shape index (κ1) is 17.3. The molecule has 0 saturated carbocycles. The summed E-state index contributed by atoms with van der Waals surface area (Å²) in [4.78, 5) is 12.5. The van der Waals surface area contributed by atoms with Crippen molar-refractivity contribution in [2.45, 2.75) is 11.7 Å². The molecule has 1 saturated heterocycles. The maximum absolute atomic E-state index is 12.3. The monoisotopic (exact) mass is 328 g/mol. The van der Waals surface area contributed by atoms with Crippen LogP contribution in [0.3, 0.4) is 0 Å². The number of aliphatic carboxylic acids is 1. The van der Waals surface area contributed by atoms with E-state index in [0.29, 0.717) is 6.54 Å². The number of likely N-dealkylation sites (N-methyl/N-ethyl adjacent to an activating group) is 1. The van der Waals surface area contributed by atoms with Crippen molar-refractivity contribution in [1.82, 2.24) is 9.21 Å². The molecule has 8 nitrogen and oxygen atoms in total. The van der Waals surface area contributed by atoms with Gasteiger partial charge in [0.25, 0.3) is 0 Å². The Labute approximate surface area is 119 Å². The van der Waals surface area contributed by atoms with E-state index in [1.807, 2.05) is 0 Å². The highest BCUT2D eigenvalue weighted by Gasteiger charge is 2.40. The van der Waals surface area contributed by atoms with Crippen molar-refractivity contribution in [3.05, 3.63) is 0 Å². The molecule has 1 N–H and O–H groups in total. The fourth-order valence-corrected chi connectivity index (χ4v) is 6.43. The summed E-state index contributed by atoms with van der Waals surface area (Å²) in [6.45, 7) is -0.253. The summed E-state index contributed by atoms with van der Waals surface area (Å²) in [5, 5.41) is 7.79. The van der Waals surface area contributed by atoms with Crippen LogP contribution in [0.4, 0.5) is 0 Å². The van der Waals surface area contributed by atoms with Crippen molar-refractivity contribution in [2.24, 2.45) is 0 Å². The zero-order valence-electron chi connectivity index (χ0n) is 11.5. The molecule has 10 heteroatoms. The summed E-state index contributed by atoms with van der Waals surface area (Å²) < 4.78 is 48.3. The van der Waals surface area contributed by atoms with Crippen LogP contribution >= 0.6 is 0 Å². The molecule has 0 aromatic rings. The fourth-order valence-electron chi connectivity index (χ4n) is 1.97. The number of hydrogen-bond acceptors (Lipinski definition) is 6. The van der Waals surface area contributed by atoms with Crippen LogP contribution in [0.5, 0.6) is 0 Å². The highest BCUT2D eigenvalue weighted by molar-refractivity contribution is 7.95. The number of sulfonamides is 1. The second kappa shape index (κ2) is 6.37. The molecule has 0 amide bonds. The van der Waals surface area contributed by atoms with Crippen molar-refractivity contribution in [3.63, 3.8) is 0 Å². The van der Waals surface area contributed by atoms with Crippen molar-refractivity contribution in [3.8, 4) is 0 Å². The molecular weight excluding hydrogens is 308 g/mol. The summed E-state index contributed by atoms with van der Waals surface area (Å²) in [5.74, 6) is -1.84. The Kier molecular flexibility index (Phi) is 5.53. The molecule has 0 bridgehead atoms. The number of nitrogens with zero attached hydrogens (tertiary/aromatic N) is 2. The Bertz CT molecular complexity index is 554. The average molecular weight is 328 g/mol. The Morgan fingerprint density at radius 1 is 1.30 bits per heavy atom. The summed E-state index contributed by atoms with van der Waals surface area (Å²) in [5.41, 5.74) is 0. The molecule has 20 heavy (non-hydrogen) atoms. The molecule has 1 unspecified atom stereocenters. The first-order valence-corrected chi connectivity index (χ1v) is 9.43. The van der Waals surface area contributed by atoms with Crippen LogP contribution in [0.2, 0.25) is 0 Å². The number of hydrogen-bond donors (Lipinski definition) is 1. The summed E-state index contributed by atoms with van der Waals surface area (Å²) >= 11 is 0. The molecule has 0 aromatic carbocycles. The summed E-state index contributed by atoms with van der Waals surface area (Å²) in [6, 6.07) is 0. The van der Waals surface area contributed by atoms with Crippen LogP contribution in [0.25, 0.3) is 0 Å². The predicted octanol–water partition coefficient (Wildman–Crippen LogP) is -1.55. The molecule has 0 aromatic heterocycles. The van der Waals surface area contributed by atoms with Gasteiger partial charge in [-0.15, -0.1) is 0 Å². The van der Waals surface area contributed by atoms with E-state index in [4.69, 9.17) is 5.11 Å². The lowest BCUT2D eigenvalue weighted by Crippen LogP contribution is -2.45. The van der Waals surface area contributed by atoms with Crippen LogP contribution in [0.15, 0.2) is 0 Å². The molecule has 1 fully saturated rings. The summed E-state index contributed by atoms with van der Waals surface area (Å²) in [7, 11) is -3.77. The van der Waals surface area contributed by atoms with Crippen LogP contribution in [-0.2, 0) is 24.7 Å². The molecule has 0 aliphatic carbocycles. The Balaban J connectivity index is 2.90. The number of sulfone groups is 1. The van der Waals surface area contributed by atoms with E-state index in [1.165, 1.54) is 0 Å². The topological polar surface area (TPSA) is 112 Å². The smallest absolute Gasteiger partial charge is 0.318 e. The van der Waals surface area contributed by atoms with E-state index in [0.717, 1.165) is 4.31 Å².